The van der Waals surface area contributed by atoms with Crippen molar-refractivity contribution in [2.24, 2.45) is 0 Å². The number of hydrogen-bond donors (Lipinski definition) is 3. The van der Waals surface area contributed by atoms with Gasteiger partial charge >= 0.3 is 5.97 Å². The molecule has 1 rings (SSSR count). The van der Waals surface area contributed by atoms with Crippen LogP contribution in [-0.4, -0.2) is 24.0 Å². The molecule has 0 radical (unpaired) electrons. The number of carbonyl (C=O) groups excluding carboxylic acids is 1. The second-order valence-electron chi connectivity index (χ2n) is 2.86. The lowest BCUT2D eigenvalue weighted by Gasteiger charge is -2.01. The highest BCUT2D eigenvalue weighted by atomic mass is 35.5. The van der Waals surface area contributed by atoms with E-state index in [1.165, 1.54) is 10.8 Å². The molecule has 0 fully saturated rings. The van der Waals surface area contributed by atoms with E-state index in [9.17, 15) is 9.59 Å². The first kappa shape index (κ1) is 14.3. The Hall–Kier alpha value is -1.66. The molecule has 0 aliphatic heterocycles. The lowest BCUT2D eigenvalue weighted by Crippen LogP contribution is -3.00. The first-order valence-electron chi connectivity index (χ1n) is 4.31. The second-order valence-corrected chi connectivity index (χ2v) is 2.86. The summed E-state index contributed by atoms with van der Waals surface area (Å²) in [6.45, 7) is -0.166. The highest BCUT2D eigenvalue weighted by Crippen LogP contribution is 1.93. The number of aromatic nitrogens is 1. The molecular weight excluding hydrogens is 234 g/mol. The number of hydrazine groups is 1. The second kappa shape index (κ2) is 6.76. The lowest BCUT2D eigenvalue weighted by atomic mass is 10.3. The molecule has 0 aromatic carbocycles. The number of hydrogen-bond acceptors (Lipinski definition) is 3. The Balaban J connectivity index is 0.00000225. The number of nitrogens with one attached hydrogen (secondary N) is 2. The summed E-state index contributed by atoms with van der Waals surface area (Å²) in [6, 6.07) is 3.22. The van der Waals surface area contributed by atoms with Crippen molar-refractivity contribution in [3.05, 3.63) is 30.1 Å². The zero-order valence-corrected chi connectivity index (χ0v) is 9.36. The van der Waals surface area contributed by atoms with Gasteiger partial charge in [0.05, 0.1) is 0 Å². The average Bonchev–Trinajstić information content (AvgIpc) is 2.17. The summed E-state index contributed by atoms with van der Waals surface area (Å²) in [7, 11) is 1.58. The fourth-order valence-corrected chi connectivity index (χ4v) is 1.10. The molecule has 88 valence electrons. The molecule has 0 spiro atoms. The number of rotatable bonds is 4. The van der Waals surface area contributed by atoms with Crippen LogP contribution in [0.3, 0.4) is 0 Å². The molecule has 1 amide bonds. The number of carboxylic acid groups (broad SMARTS) is 1. The van der Waals surface area contributed by atoms with E-state index in [1.54, 1.807) is 25.4 Å². The van der Waals surface area contributed by atoms with Gasteiger partial charge in [0.2, 0.25) is 6.54 Å². The number of nitrogens with zero attached hydrogens (tertiary/aromatic N) is 1. The van der Waals surface area contributed by atoms with Gasteiger partial charge in [0.1, 0.15) is 5.56 Å². The van der Waals surface area contributed by atoms with Gasteiger partial charge in [0, 0.05) is 13.1 Å². The highest BCUT2D eigenvalue weighted by molar-refractivity contribution is 5.93. The molecule has 0 aliphatic carbocycles. The lowest BCUT2D eigenvalue weighted by molar-refractivity contribution is -0.685. The van der Waals surface area contributed by atoms with Crippen LogP contribution in [-0.2, 0) is 11.3 Å². The van der Waals surface area contributed by atoms with Crippen LogP contribution in [0.4, 0.5) is 0 Å². The number of aliphatic carboxylic acids is 1. The monoisotopic (exact) mass is 245 g/mol. The van der Waals surface area contributed by atoms with Crippen LogP contribution in [0.5, 0.6) is 0 Å². The maximum Gasteiger partial charge on any atom is 0.370 e. The summed E-state index contributed by atoms with van der Waals surface area (Å²) in [5.74, 6) is -1.26. The van der Waals surface area contributed by atoms with Gasteiger partial charge in [0.15, 0.2) is 12.4 Å². The fraction of sp³-hybridized carbons (Fsp3) is 0.222. The molecular formula is C9H12ClN3O3. The molecule has 0 aliphatic rings. The Labute approximate surface area is 98.7 Å². The minimum Gasteiger partial charge on any atom is -1.00 e. The van der Waals surface area contributed by atoms with Crippen molar-refractivity contribution < 1.29 is 31.7 Å². The summed E-state index contributed by atoms with van der Waals surface area (Å²) < 4.78 is 1.42. The topological polar surface area (TPSA) is 82.3 Å². The Bertz CT molecular complexity index is 384. The highest BCUT2D eigenvalue weighted by Gasteiger charge is 2.11. The van der Waals surface area contributed by atoms with E-state index in [0.29, 0.717) is 5.56 Å². The first-order valence-corrected chi connectivity index (χ1v) is 4.31. The van der Waals surface area contributed by atoms with Gasteiger partial charge in [-0.25, -0.2) is 10.2 Å². The molecule has 3 N–H and O–H groups in total. The van der Waals surface area contributed by atoms with Crippen molar-refractivity contribution in [3.63, 3.8) is 0 Å². The van der Waals surface area contributed by atoms with Crippen LogP contribution in [0.1, 0.15) is 10.4 Å². The fourth-order valence-electron chi connectivity index (χ4n) is 1.10. The molecule has 1 aromatic heterocycles. The van der Waals surface area contributed by atoms with Gasteiger partial charge in [-0.1, -0.05) is 0 Å². The molecule has 0 saturated carbocycles. The number of halogens is 1. The first-order chi connectivity index (χ1) is 7.13. The van der Waals surface area contributed by atoms with Gasteiger partial charge in [-0.2, -0.15) is 4.57 Å². The van der Waals surface area contributed by atoms with Crippen molar-refractivity contribution in [2.45, 2.75) is 6.54 Å². The van der Waals surface area contributed by atoms with Crippen molar-refractivity contribution in [1.82, 2.24) is 10.9 Å². The van der Waals surface area contributed by atoms with Crippen LogP contribution in [0.2, 0.25) is 0 Å². The molecule has 1 aromatic rings. The van der Waals surface area contributed by atoms with Gasteiger partial charge < -0.3 is 17.5 Å². The standard InChI is InChI=1S/C9H11N3O3.ClH/c1-10-11-9(15)7-3-2-4-12(5-7)6-8(13)14;/h2-5,10H,6H2,1H3,(H-,11,13,14,15);1H. The normalized spacial score (nSPS) is 9.06. The number of carboxylic acids is 1. The maximum atomic E-state index is 11.3. The molecule has 16 heavy (non-hydrogen) atoms. The van der Waals surface area contributed by atoms with Crippen LogP contribution in [0.25, 0.3) is 0 Å². The van der Waals surface area contributed by atoms with Crippen molar-refractivity contribution >= 4 is 11.9 Å². The summed E-state index contributed by atoms with van der Waals surface area (Å²) >= 11 is 0. The Kier molecular flexibility index (Phi) is 6.06. The summed E-state index contributed by atoms with van der Waals surface area (Å²) in [5, 5.41) is 8.57. The number of amides is 1. The Morgan fingerprint density at radius 2 is 2.19 bits per heavy atom. The van der Waals surface area contributed by atoms with Gasteiger partial charge in [-0.05, 0) is 6.07 Å². The zero-order chi connectivity index (χ0) is 11.3. The van der Waals surface area contributed by atoms with Gasteiger partial charge in [-0.15, -0.1) is 0 Å². The van der Waals surface area contributed by atoms with E-state index in [2.05, 4.69) is 10.9 Å². The number of pyridine rings is 1. The predicted octanol–water partition coefficient (Wildman–Crippen LogP) is -4.07. The van der Waals surface area contributed by atoms with Crippen LogP contribution in [0, 0.1) is 0 Å². The predicted molar refractivity (Wildman–Crippen MR) is 50.8 cm³/mol. The van der Waals surface area contributed by atoms with Crippen molar-refractivity contribution in [3.8, 4) is 0 Å². The number of carbonyl (C=O) groups is 2. The van der Waals surface area contributed by atoms with Crippen LogP contribution >= 0.6 is 0 Å². The van der Waals surface area contributed by atoms with Gasteiger partial charge in [-0.3, -0.25) is 10.2 Å². The minimum absolute atomic E-state index is 0. The SMILES string of the molecule is CNNC(=O)c1ccc[n+](CC(=O)O)c1.[Cl-]. The summed E-state index contributed by atoms with van der Waals surface area (Å²) in [6.07, 6.45) is 3.06. The van der Waals surface area contributed by atoms with E-state index in [1.807, 2.05) is 0 Å². The Morgan fingerprint density at radius 1 is 1.50 bits per heavy atom. The van der Waals surface area contributed by atoms with E-state index >= 15 is 0 Å². The van der Waals surface area contributed by atoms with Crippen molar-refractivity contribution in [1.29, 1.82) is 0 Å². The van der Waals surface area contributed by atoms with E-state index < -0.39 is 5.97 Å². The largest absolute Gasteiger partial charge is 1.00 e. The summed E-state index contributed by atoms with van der Waals surface area (Å²) in [4.78, 5) is 21.8. The quantitative estimate of drug-likeness (QED) is 0.372. The van der Waals surface area contributed by atoms with Crippen LogP contribution < -0.4 is 27.8 Å². The summed E-state index contributed by atoms with van der Waals surface area (Å²) in [5.41, 5.74) is 5.29. The maximum absolute atomic E-state index is 11.3. The molecule has 0 saturated heterocycles. The molecule has 6 nitrogen and oxygen atoms in total. The van der Waals surface area contributed by atoms with E-state index in [4.69, 9.17) is 5.11 Å². The molecule has 7 heteroatoms. The third-order valence-electron chi connectivity index (χ3n) is 1.68. The molecule has 0 bridgehead atoms. The average molecular weight is 246 g/mol. The minimum atomic E-state index is -0.953. The van der Waals surface area contributed by atoms with Crippen molar-refractivity contribution in [2.75, 3.05) is 7.05 Å². The third kappa shape index (κ3) is 4.24. The molecule has 0 unspecified atom stereocenters. The van der Waals surface area contributed by atoms with Gasteiger partial charge in [0.25, 0.3) is 5.91 Å². The smallest absolute Gasteiger partial charge is 0.370 e. The Morgan fingerprint density at radius 3 is 2.75 bits per heavy atom. The van der Waals surface area contributed by atoms with E-state index in [0.717, 1.165) is 0 Å². The molecule has 1 heterocycles. The molecule has 0 atom stereocenters. The zero-order valence-electron chi connectivity index (χ0n) is 8.61. The van der Waals surface area contributed by atoms with Crippen LogP contribution in [0.15, 0.2) is 24.5 Å². The van der Waals surface area contributed by atoms with E-state index in [-0.39, 0.29) is 24.9 Å². The third-order valence-corrected chi connectivity index (χ3v) is 1.68.